The molecule has 2 fully saturated rings. The van der Waals surface area contributed by atoms with Gasteiger partial charge >= 0.3 is 0 Å². The van der Waals surface area contributed by atoms with Gasteiger partial charge in [0, 0.05) is 26.1 Å². The molecule has 0 aromatic rings. The van der Waals surface area contributed by atoms with Gasteiger partial charge in [0.05, 0.1) is 0 Å². The molecular formula is C9H16N2O. The van der Waals surface area contributed by atoms with E-state index < -0.39 is 0 Å². The fraction of sp³-hybridized carbons (Fsp3) is 0.889. The summed E-state index contributed by atoms with van der Waals surface area (Å²) in [6.45, 7) is 2.12. The molecule has 1 amide bonds. The number of carbonyl (C=O) groups excluding carboxylic acids is 1. The van der Waals surface area contributed by atoms with E-state index in [9.17, 15) is 4.79 Å². The first-order valence-electron chi connectivity index (χ1n) is 4.75. The molecule has 3 nitrogen and oxygen atoms in total. The lowest BCUT2D eigenvalue weighted by molar-refractivity contribution is -0.137. The summed E-state index contributed by atoms with van der Waals surface area (Å²) >= 11 is 0. The maximum atomic E-state index is 11.3. The number of hydrogen-bond acceptors (Lipinski definition) is 2. The van der Waals surface area contributed by atoms with Gasteiger partial charge in [-0.05, 0) is 25.3 Å². The van der Waals surface area contributed by atoms with Gasteiger partial charge in [-0.2, -0.15) is 0 Å². The Balaban J connectivity index is 2.08. The zero-order valence-electron chi connectivity index (χ0n) is 7.55. The van der Waals surface area contributed by atoms with Crippen molar-refractivity contribution in [2.75, 3.05) is 20.1 Å². The van der Waals surface area contributed by atoms with Gasteiger partial charge in [-0.25, -0.2) is 0 Å². The van der Waals surface area contributed by atoms with Crippen LogP contribution in [0, 0.1) is 5.92 Å². The molecule has 2 aliphatic rings. The lowest BCUT2D eigenvalue weighted by atomic mass is 9.84. The van der Waals surface area contributed by atoms with Crippen molar-refractivity contribution < 1.29 is 4.79 Å². The quantitative estimate of drug-likeness (QED) is 0.561. The molecule has 2 atom stereocenters. The SMILES string of the molecule is CN1C(=O)CCC2CCNCC21. The molecule has 2 aliphatic heterocycles. The number of hydrogen-bond donors (Lipinski definition) is 1. The van der Waals surface area contributed by atoms with Crippen LogP contribution in [0.15, 0.2) is 0 Å². The molecule has 0 radical (unpaired) electrons. The van der Waals surface area contributed by atoms with Gasteiger partial charge in [-0.15, -0.1) is 0 Å². The average molecular weight is 168 g/mol. The van der Waals surface area contributed by atoms with E-state index in [1.165, 1.54) is 6.42 Å². The van der Waals surface area contributed by atoms with E-state index in [4.69, 9.17) is 0 Å². The van der Waals surface area contributed by atoms with E-state index in [1.54, 1.807) is 0 Å². The van der Waals surface area contributed by atoms with Crippen molar-refractivity contribution in [1.29, 1.82) is 0 Å². The van der Waals surface area contributed by atoms with E-state index in [0.717, 1.165) is 31.8 Å². The van der Waals surface area contributed by atoms with E-state index in [0.29, 0.717) is 11.9 Å². The van der Waals surface area contributed by atoms with E-state index in [2.05, 4.69) is 5.32 Å². The van der Waals surface area contributed by atoms with Gasteiger partial charge in [-0.1, -0.05) is 0 Å². The van der Waals surface area contributed by atoms with E-state index in [1.807, 2.05) is 11.9 Å². The fourth-order valence-electron chi connectivity index (χ4n) is 2.36. The molecule has 0 spiro atoms. The third kappa shape index (κ3) is 1.22. The lowest BCUT2D eigenvalue weighted by Gasteiger charge is -2.42. The monoisotopic (exact) mass is 168 g/mol. The Morgan fingerprint density at radius 2 is 2.33 bits per heavy atom. The van der Waals surface area contributed by atoms with Crippen LogP contribution < -0.4 is 5.32 Å². The minimum absolute atomic E-state index is 0.319. The second-order valence-corrected chi connectivity index (χ2v) is 3.86. The van der Waals surface area contributed by atoms with Crippen molar-refractivity contribution in [3.63, 3.8) is 0 Å². The number of nitrogens with zero attached hydrogens (tertiary/aromatic N) is 1. The van der Waals surface area contributed by atoms with Crippen molar-refractivity contribution in [2.45, 2.75) is 25.3 Å². The van der Waals surface area contributed by atoms with Crippen LogP contribution in [-0.4, -0.2) is 37.0 Å². The van der Waals surface area contributed by atoms with E-state index in [-0.39, 0.29) is 0 Å². The van der Waals surface area contributed by atoms with Crippen molar-refractivity contribution in [3.05, 3.63) is 0 Å². The standard InChI is InChI=1S/C9H16N2O/c1-11-8-6-10-5-4-7(8)2-3-9(11)12/h7-8,10H,2-6H2,1H3. The Morgan fingerprint density at radius 3 is 3.17 bits per heavy atom. The smallest absolute Gasteiger partial charge is 0.222 e. The minimum atomic E-state index is 0.319. The van der Waals surface area contributed by atoms with Crippen LogP contribution in [0.5, 0.6) is 0 Å². The molecule has 3 heteroatoms. The summed E-state index contributed by atoms with van der Waals surface area (Å²) < 4.78 is 0. The highest BCUT2D eigenvalue weighted by Crippen LogP contribution is 2.27. The number of amides is 1. The van der Waals surface area contributed by atoms with Gasteiger partial charge in [0.15, 0.2) is 0 Å². The fourth-order valence-corrected chi connectivity index (χ4v) is 2.36. The molecule has 0 bridgehead atoms. The molecule has 0 aliphatic carbocycles. The number of carbonyl (C=O) groups is 1. The normalized spacial score (nSPS) is 36.4. The summed E-state index contributed by atoms with van der Waals surface area (Å²) in [5.74, 6) is 1.08. The first kappa shape index (κ1) is 8.05. The summed E-state index contributed by atoms with van der Waals surface area (Å²) in [4.78, 5) is 13.3. The number of fused-ring (bicyclic) bond motifs is 1. The molecule has 0 aromatic heterocycles. The highest BCUT2D eigenvalue weighted by atomic mass is 16.2. The maximum absolute atomic E-state index is 11.3. The van der Waals surface area contributed by atoms with Gasteiger partial charge < -0.3 is 10.2 Å². The summed E-state index contributed by atoms with van der Waals surface area (Å²) in [7, 11) is 1.94. The highest BCUT2D eigenvalue weighted by molar-refractivity contribution is 5.77. The molecule has 0 aromatic carbocycles. The predicted octanol–water partition coefficient (Wildman–Crippen LogP) is 0.217. The summed E-state index contributed by atoms with van der Waals surface area (Å²) in [5.41, 5.74) is 0. The molecular weight excluding hydrogens is 152 g/mol. The second kappa shape index (κ2) is 3.05. The number of likely N-dealkylation sites (N-methyl/N-ethyl adjacent to an activating group) is 1. The summed E-state index contributed by atoms with van der Waals surface area (Å²) in [6, 6.07) is 0.472. The Hall–Kier alpha value is -0.570. The van der Waals surface area contributed by atoms with Crippen LogP contribution in [0.3, 0.4) is 0 Å². The number of piperidine rings is 2. The summed E-state index contributed by atoms with van der Waals surface area (Å²) in [5, 5.41) is 3.34. The third-order valence-electron chi connectivity index (χ3n) is 3.21. The molecule has 2 unspecified atom stereocenters. The Morgan fingerprint density at radius 1 is 1.50 bits per heavy atom. The molecule has 2 heterocycles. The number of nitrogens with one attached hydrogen (secondary N) is 1. The van der Waals surface area contributed by atoms with Crippen LogP contribution in [0.25, 0.3) is 0 Å². The highest BCUT2D eigenvalue weighted by Gasteiger charge is 2.34. The number of rotatable bonds is 0. The largest absolute Gasteiger partial charge is 0.341 e. The predicted molar refractivity (Wildman–Crippen MR) is 46.8 cm³/mol. The molecule has 68 valence electrons. The molecule has 2 saturated heterocycles. The Labute approximate surface area is 73.1 Å². The molecule has 0 saturated carbocycles. The second-order valence-electron chi connectivity index (χ2n) is 3.86. The van der Waals surface area contributed by atoms with Crippen LogP contribution in [0.4, 0.5) is 0 Å². The van der Waals surface area contributed by atoms with Gasteiger partial charge in [0.1, 0.15) is 0 Å². The molecule has 2 rings (SSSR count). The van der Waals surface area contributed by atoms with Crippen LogP contribution >= 0.6 is 0 Å². The number of likely N-dealkylation sites (tertiary alicyclic amines) is 1. The molecule has 1 N–H and O–H groups in total. The zero-order chi connectivity index (χ0) is 8.55. The Bertz CT molecular complexity index is 193. The van der Waals surface area contributed by atoms with Crippen molar-refractivity contribution >= 4 is 5.91 Å². The van der Waals surface area contributed by atoms with Gasteiger partial charge in [-0.3, -0.25) is 4.79 Å². The minimum Gasteiger partial charge on any atom is -0.341 e. The third-order valence-corrected chi connectivity index (χ3v) is 3.21. The van der Waals surface area contributed by atoms with Gasteiger partial charge in [0.25, 0.3) is 0 Å². The van der Waals surface area contributed by atoms with E-state index >= 15 is 0 Å². The van der Waals surface area contributed by atoms with Gasteiger partial charge in [0.2, 0.25) is 5.91 Å². The van der Waals surface area contributed by atoms with Crippen molar-refractivity contribution in [3.8, 4) is 0 Å². The maximum Gasteiger partial charge on any atom is 0.222 e. The lowest BCUT2D eigenvalue weighted by Crippen LogP contribution is -2.54. The van der Waals surface area contributed by atoms with Crippen molar-refractivity contribution in [1.82, 2.24) is 10.2 Å². The van der Waals surface area contributed by atoms with Crippen LogP contribution in [0.2, 0.25) is 0 Å². The first-order chi connectivity index (χ1) is 5.79. The Kier molecular flexibility index (Phi) is 2.05. The summed E-state index contributed by atoms with van der Waals surface area (Å²) in [6.07, 6.45) is 3.11. The topological polar surface area (TPSA) is 32.3 Å². The molecule has 12 heavy (non-hydrogen) atoms. The zero-order valence-corrected chi connectivity index (χ0v) is 7.55. The average Bonchev–Trinajstić information content (AvgIpc) is 2.12. The van der Waals surface area contributed by atoms with Crippen LogP contribution in [0.1, 0.15) is 19.3 Å². The first-order valence-corrected chi connectivity index (χ1v) is 4.75. The van der Waals surface area contributed by atoms with Crippen LogP contribution in [-0.2, 0) is 4.79 Å². The van der Waals surface area contributed by atoms with Crippen molar-refractivity contribution in [2.24, 2.45) is 5.92 Å².